The zero-order valence-corrected chi connectivity index (χ0v) is 42.9. The van der Waals surface area contributed by atoms with Crippen LogP contribution in [0.5, 0.6) is 34.5 Å². The minimum Gasteiger partial charge on any atom is -0.423 e. The Morgan fingerprint density at radius 2 is 0.578 bits per heavy atom. The number of rotatable bonds is 15. The van der Waals surface area contributed by atoms with Crippen LogP contribution in [-0.4, -0.2) is 54.7 Å². The lowest BCUT2D eigenvalue weighted by Crippen LogP contribution is -2.11. The molecule has 0 radical (unpaired) electrons. The first-order chi connectivity index (χ1) is 40.3. The van der Waals surface area contributed by atoms with Crippen molar-refractivity contribution < 1.29 is 76.3 Å². The molecule has 0 atom stereocenters. The molecule has 404 valence electrons. The largest absolute Gasteiger partial charge is 0.423 e. The third-order valence-corrected chi connectivity index (χ3v) is 11.8. The average molecular weight is 1100 g/mol. The van der Waals surface area contributed by atoms with Gasteiger partial charge in [-0.1, -0.05) is 60.7 Å². The molecule has 83 heavy (non-hydrogen) atoms. The van der Waals surface area contributed by atoms with Gasteiger partial charge in [0.2, 0.25) is 0 Å². The van der Waals surface area contributed by atoms with Crippen LogP contribution < -0.4 is 28.4 Å². The number of aldehydes is 3. The molecule has 10 rings (SSSR count). The second kappa shape index (κ2) is 27.3. The Bertz CT molecular complexity index is 3960. The van der Waals surface area contributed by atoms with Crippen LogP contribution in [0.3, 0.4) is 0 Å². The molecule has 0 saturated heterocycles. The van der Waals surface area contributed by atoms with Crippen molar-refractivity contribution in [3.05, 3.63) is 262 Å². The number of nitriles is 2. The molecule has 1 aliphatic heterocycles. The van der Waals surface area contributed by atoms with E-state index in [9.17, 15) is 43.2 Å². The minimum atomic E-state index is -0.821. The Balaban J connectivity index is 0.000000164. The smallest absolute Gasteiger partial charge is 0.346 e. The van der Waals surface area contributed by atoms with E-state index in [0.717, 1.165) is 28.5 Å². The van der Waals surface area contributed by atoms with Gasteiger partial charge < -0.3 is 33.2 Å². The molecule has 18 nitrogen and oxygen atoms in total. The van der Waals surface area contributed by atoms with Crippen molar-refractivity contribution in [2.75, 3.05) is 0 Å². The van der Waals surface area contributed by atoms with Crippen molar-refractivity contribution in [1.29, 1.82) is 10.5 Å². The van der Waals surface area contributed by atoms with Gasteiger partial charge in [0.15, 0.2) is 0 Å². The summed E-state index contributed by atoms with van der Waals surface area (Å²) in [4.78, 5) is 104. The molecular weight excluding hydrogens is 1060 g/mol. The highest BCUT2D eigenvalue weighted by atomic mass is 16.6. The minimum absolute atomic E-state index is 0.00119. The van der Waals surface area contributed by atoms with Crippen LogP contribution in [0.4, 0.5) is 0 Å². The Morgan fingerprint density at radius 3 is 0.916 bits per heavy atom. The molecular formula is C65H38N2O16. The Morgan fingerprint density at radius 1 is 0.325 bits per heavy atom. The highest BCUT2D eigenvalue weighted by molar-refractivity contribution is 6.15. The van der Waals surface area contributed by atoms with Gasteiger partial charge >= 0.3 is 35.8 Å². The van der Waals surface area contributed by atoms with E-state index in [1.54, 1.807) is 18.4 Å². The summed E-state index contributed by atoms with van der Waals surface area (Å²) in [6, 6.07) is 56.5. The van der Waals surface area contributed by atoms with E-state index in [1.807, 2.05) is 60.7 Å². The van der Waals surface area contributed by atoms with E-state index in [-0.39, 0.29) is 50.6 Å². The molecule has 0 saturated carbocycles. The second-order valence-electron chi connectivity index (χ2n) is 17.2. The molecule has 18 heteroatoms. The fourth-order valence-electron chi connectivity index (χ4n) is 7.51. The lowest BCUT2D eigenvalue weighted by atomic mass is 10.00. The van der Waals surface area contributed by atoms with E-state index in [2.05, 4.69) is 9.47 Å². The number of nitrogens with zero attached hydrogens (tertiary/aromatic N) is 2. The molecule has 0 amide bonds. The molecule has 1 heterocycles. The van der Waals surface area contributed by atoms with E-state index in [0.29, 0.717) is 46.5 Å². The van der Waals surface area contributed by atoms with Crippen LogP contribution in [0.1, 0.15) is 93.2 Å². The normalized spacial score (nSPS) is 10.6. The van der Waals surface area contributed by atoms with E-state index >= 15 is 0 Å². The van der Waals surface area contributed by atoms with Crippen molar-refractivity contribution in [3.8, 4) is 69.3 Å². The van der Waals surface area contributed by atoms with Gasteiger partial charge in [-0.2, -0.15) is 0 Å². The molecule has 9 aromatic rings. The molecule has 0 aliphatic carbocycles. The number of carbonyl (C=O) groups is 9. The summed E-state index contributed by atoms with van der Waals surface area (Å²) in [5.41, 5.74) is 6.82. The van der Waals surface area contributed by atoms with Gasteiger partial charge in [-0.05, 0) is 174 Å². The number of carbonyl (C=O) groups excluding carboxylic acids is 9. The number of hydrogen-bond donors (Lipinski definition) is 0. The fraction of sp³-hybridized carbons (Fsp3) is 0. The molecule has 0 aromatic heterocycles. The summed E-state index contributed by atoms with van der Waals surface area (Å²) in [5.74, 6) is -2.31. The van der Waals surface area contributed by atoms with Crippen molar-refractivity contribution in [3.63, 3.8) is 0 Å². The zero-order valence-electron chi connectivity index (χ0n) is 42.9. The lowest BCUT2D eigenvalue weighted by Gasteiger charge is -2.07. The van der Waals surface area contributed by atoms with Gasteiger partial charge in [-0.3, -0.25) is 14.4 Å². The summed E-state index contributed by atoms with van der Waals surface area (Å²) in [6.07, 6.45) is 5.41. The summed E-state index contributed by atoms with van der Waals surface area (Å²) >= 11 is 0. The predicted molar refractivity (Wildman–Crippen MR) is 294 cm³/mol. The standard InChI is InChI=1S/C23H12O8.C22H13NO6.C20H13NO2/c24-12-13-1-6-16(7-2-13)29-20(25)14-3-8-17(9-4-14)30-21(26)15-5-10-18-19(11-15)23(28)31-22(18)27;23-14-27-18-9-3-16(4-10-18)21(25)29-20-11-5-17(6-12-20)22(26)28-19-7-1-15(13-24)2-8-19;21-14-23-20-11-9-19(10-12-20)18-7-5-17(6-8-18)16-3-1-15(13-22)2-4-16/h1-12H;1-13H;1-13H. The van der Waals surface area contributed by atoms with Gasteiger partial charge in [-0.15, -0.1) is 10.5 Å². The first kappa shape index (κ1) is 56.8. The Labute approximate surface area is 471 Å². The average Bonchev–Trinajstić information content (AvgIpc) is 3.87. The van der Waals surface area contributed by atoms with Gasteiger partial charge in [0.25, 0.3) is 12.5 Å². The van der Waals surface area contributed by atoms with Gasteiger partial charge in [0, 0.05) is 16.7 Å². The third kappa shape index (κ3) is 15.2. The maximum Gasteiger partial charge on any atom is 0.346 e. The molecule has 0 N–H and O–H groups in total. The highest BCUT2D eigenvalue weighted by Gasteiger charge is 2.30. The van der Waals surface area contributed by atoms with Crippen LogP contribution in [0.25, 0.3) is 22.3 Å². The molecule has 9 aromatic carbocycles. The first-order valence-corrected chi connectivity index (χ1v) is 24.4. The number of benzene rings is 9. The quantitative estimate of drug-likeness (QED) is 0.0303. The predicted octanol–water partition coefficient (Wildman–Crippen LogP) is 11.7. The van der Waals surface area contributed by atoms with Crippen LogP contribution >= 0.6 is 0 Å². The summed E-state index contributed by atoms with van der Waals surface area (Å²) in [5, 5.41) is 16.9. The maximum atomic E-state index is 12.3. The molecule has 1 aliphatic rings. The lowest BCUT2D eigenvalue weighted by molar-refractivity contribution is 0.0441. The molecule has 0 unspecified atom stereocenters. The second-order valence-corrected chi connectivity index (χ2v) is 17.2. The van der Waals surface area contributed by atoms with E-state index < -0.39 is 35.8 Å². The SMILES string of the molecule is N#COc1ccc(-c2ccc(-c3ccc(C=O)cc3)cc2)cc1.N#COc1ccc(C(=O)Oc2ccc(C(=O)Oc3ccc(C=O)cc3)cc2)cc1.O=Cc1ccc(OC(=O)c2ccc(OC(=O)c3ccc4c(c3)C(=O)OC4=O)cc2)cc1. The van der Waals surface area contributed by atoms with E-state index in [4.69, 9.17) is 34.2 Å². The highest BCUT2D eigenvalue weighted by Crippen LogP contribution is 2.28. The number of fused-ring (bicyclic) bond motifs is 1. The maximum absolute atomic E-state index is 12.3. The van der Waals surface area contributed by atoms with Crippen LogP contribution in [0.15, 0.2) is 212 Å². The Hall–Kier alpha value is -12.4. The van der Waals surface area contributed by atoms with Crippen molar-refractivity contribution in [2.24, 2.45) is 0 Å². The number of esters is 6. The molecule has 0 fully saturated rings. The summed E-state index contributed by atoms with van der Waals surface area (Å²) in [7, 11) is 0. The van der Waals surface area contributed by atoms with Gasteiger partial charge in [0.05, 0.1) is 33.4 Å². The monoisotopic (exact) mass is 1100 g/mol. The fourth-order valence-corrected chi connectivity index (χ4v) is 7.51. The van der Waals surface area contributed by atoms with E-state index in [1.165, 1.54) is 146 Å². The third-order valence-electron chi connectivity index (χ3n) is 11.8. The summed E-state index contributed by atoms with van der Waals surface area (Å²) in [6.45, 7) is 0. The number of ether oxygens (including phenoxy) is 7. The number of cyclic esters (lactones) is 2. The van der Waals surface area contributed by atoms with Crippen molar-refractivity contribution in [1.82, 2.24) is 0 Å². The van der Waals surface area contributed by atoms with Gasteiger partial charge in [0.1, 0.15) is 53.4 Å². The van der Waals surface area contributed by atoms with Crippen molar-refractivity contribution in [2.45, 2.75) is 0 Å². The first-order valence-electron chi connectivity index (χ1n) is 24.4. The molecule has 0 bridgehead atoms. The van der Waals surface area contributed by atoms with Crippen molar-refractivity contribution >= 4 is 54.7 Å². The van der Waals surface area contributed by atoms with Gasteiger partial charge in [-0.25, -0.2) is 28.8 Å². The Kier molecular flexibility index (Phi) is 18.6. The van der Waals surface area contributed by atoms with Crippen LogP contribution in [0.2, 0.25) is 0 Å². The zero-order chi connectivity index (χ0) is 58.7. The topological polar surface area (TPSA) is 266 Å². The van der Waals surface area contributed by atoms with Crippen LogP contribution in [0, 0.1) is 23.0 Å². The van der Waals surface area contributed by atoms with Crippen LogP contribution in [-0.2, 0) is 4.74 Å². The number of hydrogen-bond acceptors (Lipinski definition) is 18. The summed E-state index contributed by atoms with van der Waals surface area (Å²) < 4.78 is 34.8. The molecule has 0 spiro atoms.